The van der Waals surface area contributed by atoms with Crippen molar-refractivity contribution in [3.63, 3.8) is 0 Å². The number of alkyl halides is 4. The highest BCUT2D eigenvalue weighted by Crippen LogP contribution is 2.38. The number of hydrogen-bond acceptors (Lipinski definition) is 9. The minimum atomic E-state index is -5.02. The lowest BCUT2D eigenvalue weighted by Crippen LogP contribution is -2.44. The van der Waals surface area contributed by atoms with Gasteiger partial charge in [0.2, 0.25) is 0 Å². The molecular weight excluding hydrogens is 676 g/mol. The molecular formula is C38H62F4O9. The lowest BCUT2D eigenvalue weighted by molar-refractivity contribution is -0.331. The lowest BCUT2D eigenvalue weighted by atomic mass is 10.0. The third-order valence-corrected chi connectivity index (χ3v) is 6.90. The van der Waals surface area contributed by atoms with Crippen molar-refractivity contribution < 1.29 is 60.8 Å². The molecule has 0 spiro atoms. The Labute approximate surface area is 302 Å². The molecule has 0 radical (unpaired) electrons. The van der Waals surface area contributed by atoms with Gasteiger partial charge in [-0.1, -0.05) is 130 Å². The summed E-state index contributed by atoms with van der Waals surface area (Å²) in [7, 11) is 0. The molecule has 0 aromatic heterocycles. The highest BCUT2D eigenvalue weighted by molar-refractivity contribution is 5.87. The molecule has 296 valence electrons. The second kappa shape index (κ2) is 33.7. The lowest BCUT2D eigenvalue weighted by Gasteiger charge is -2.24. The van der Waals surface area contributed by atoms with Crippen molar-refractivity contribution in [2.75, 3.05) is 26.4 Å². The minimum absolute atomic E-state index is 0.0473. The van der Waals surface area contributed by atoms with Gasteiger partial charge in [0.25, 0.3) is 0 Å². The van der Waals surface area contributed by atoms with Crippen LogP contribution in [0.15, 0.2) is 49.6 Å². The SMILES string of the molecule is C=C(C)C(=O)OCCCCCCCCCCCCCCCCCC.C=C(C)C(=O)OCCO.C=CC(=O)OCCC(F)(F)C(F)(F)OC(=O)C=C. The van der Waals surface area contributed by atoms with Gasteiger partial charge in [0.1, 0.15) is 6.61 Å². The Kier molecular flexibility index (Phi) is 34.2. The van der Waals surface area contributed by atoms with Crippen LogP contribution in [0.1, 0.15) is 130 Å². The van der Waals surface area contributed by atoms with Gasteiger partial charge in [-0.15, -0.1) is 0 Å². The molecule has 0 saturated heterocycles. The fourth-order valence-corrected chi connectivity index (χ4v) is 3.93. The zero-order valence-electron chi connectivity index (χ0n) is 31.1. The zero-order valence-corrected chi connectivity index (χ0v) is 31.1. The molecule has 51 heavy (non-hydrogen) atoms. The van der Waals surface area contributed by atoms with E-state index in [-0.39, 0.29) is 19.2 Å². The van der Waals surface area contributed by atoms with Gasteiger partial charge >= 0.3 is 35.9 Å². The first-order chi connectivity index (χ1) is 24.0. The molecule has 0 atom stereocenters. The van der Waals surface area contributed by atoms with E-state index in [1.54, 1.807) is 13.8 Å². The van der Waals surface area contributed by atoms with Crippen molar-refractivity contribution in [1.82, 2.24) is 0 Å². The summed E-state index contributed by atoms with van der Waals surface area (Å²) in [5.74, 6) is -8.10. The molecule has 0 heterocycles. The van der Waals surface area contributed by atoms with Gasteiger partial charge < -0.3 is 24.1 Å². The summed E-state index contributed by atoms with van der Waals surface area (Å²) in [5, 5.41) is 8.19. The number of ether oxygens (including phenoxy) is 4. The van der Waals surface area contributed by atoms with Crippen molar-refractivity contribution in [2.24, 2.45) is 0 Å². The molecule has 0 unspecified atom stereocenters. The molecule has 0 aromatic rings. The minimum Gasteiger partial charge on any atom is -0.462 e. The van der Waals surface area contributed by atoms with Crippen molar-refractivity contribution in [3.05, 3.63) is 49.6 Å². The maximum Gasteiger partial charge on any atom is 0.466 e. The second-order valence-electron chi connectivity index (χ2n) is 11.8. The third-order valence-electron chi connectivity index (χ3n) is 6.90. The highest BCUT2D eigenvalue weighted by Gasteiger charge is 2.59. The molecule has 1 N–H and O–H groups in total. The number of rotatable bonds is 28. The molecule has 0 bridgehead atoms. The van der Waals surface area contributed by atoms with Crippen molar-refractivity contribution >= 4 is 23.9 Å². The van der Waals surface area contributed by atoms with Gasteiger partial charge in [-0.2, -0.15) is 17.6 Å². The normalized spacial score (nSPS) is 10.7. The molecule has 0 aliphatic carbocycles. The number of aliphatic hydroxyl groups excluding tert-OH is 1. The van der Waals surface area contributed by atoms with E-state index in [2.05, 4.69) is 47.5 Å². The molecule has 0 saturated carbocycles. The van der Waals surface area contributed by atoms with Gasteiger partial charge in [0.15, 0.2) is 0 Å². The van der Waals surface area contributed by atoms with Crippen LogP contribution < -0.4 is 0 Å². The standard InChI is InChI=1S/C22H42O2.C10H10F4O4.C6H10O3/c1-4-5-6-7-8-9-10-11-12-13-14-15-16-17-18-19-20-24-22(23)21(2)3;1-3-7(15)17-6-5-9(11,12)10(13,14)18-8(16)4-2;1-5(2)6(8)9-4-3-7/h2,4-20H2,1,3H3;3-4H,1-2,5-6H2;7H,1,3-4H2,2H3. The predicted octanol–water partition coefficient (Wildman–Crippen LogP) is 9.53. The van der Waals surface area contributed by atoms with Crippen LogP contribution in [0.25, 0.3) is 0 Å². The maximum atomic E-state index is 13.0. The van der Waals surface area contributed by atoms with Crippen LogP contribution in [0.3, 0.4) is 0 Å². The first-order valence-corrected chi connectivity index (χ1v) is 17.7. The van der Waals surface area contributed by atoms with E-state index in [1.165, 1.54) is 96.3 Å². The number of unbranched alkanes of at least 4 members (excludes halogenated alkanes) is 15. The fourth-order valence-electron chi connectivity index (χ4n) is 3.93. The summed E-state index contributed by atoms with van der Waals surface area (Å²) in [6.07, 6.45) is 16.2. The van der Waals surface area contributed by atoms with E-state index < -0.39 is 43.0 Å². The van der Waals surface area contributed by atoms with Crippen LogP contribution in [0.2, 0.25) is 0 Å². The predicted molar refractivity (Wildman–Crippen MR) is 190 cm³/mol. The van der Waals surface area contributed by atoms with Gasteiger partial charge in [-0.05, 0) is 20.3 Å². The maximum absolute atomic E-state index is 13.0. The van der Waals surface area contributed by atoms with E-state index in [1.807, 2.05) is 0 Å². The van der Waals surface area contributed by atoms with Crippen LogP contribution in [0.5, 0.6) is 0 Å². The number of esters is 4. The fraction of sp³-hybridized carbons (Fsp3) is 0.684. The Bertz CT molecular complexity index is 1010. The van der Waals surface area contributed by atoms with Crippen LogP contribution in [0, 0.1) is 0 Å². The highest BCUT2D eigenvalue weighted by atomic mass is 19.3. The van der Waals surface area contributed by atoms with Gasteiger partial charge in [0, 0.05) is 23.3 Å². The van der Waals surface area contributed by atoms with E-state index in [0.717, 1.165) is 6.42 Å². The van der Waals surface area contributed by atoms with Gasteiger partial charge in [0.05, 0.1) is 26.2 Å². The Hall–Kier alpha value is -3.48. The third kappa shape index (κ3) is 33.4. The van der Waals surface area contributed by atoms with Crippen LogP contribution in [-0.4, -0.2) is 67.4 Å². The Morgan fingerprint density at radius 1 is 0.588 bits per heavy atom. The number of carbonyl (C=O) groups is 4. The van der Waals surface area contributed by atoms with E-state index >= 15 is 0 Å². The quantitative estimate of drug-likeness (QED) is 0.0275. The molecule has 9 nitrogen and oxygen atoms in total. The Morgan fingerprint density at radius 3 is 1.31 bits per heavy atom. The van der Waals surface area contributed by atoms with Crippen LogP contribution >= 0.6 is 0 Å². The van der Waals surface area contributed by atoms with E-state index in [0.29, 0.717) is 29.9 Å². The second-order valence-corrected chi connectivity index (χ2v) is 11.8. The number of halogens is 4. The molecule has 13 heteroatoms. The summed E-state index contributed by atoms with van der Waals surface area (Å²) in [6.45, 7) is 17.7. The molecule has 0 amide bonds. The summed E-state index contributed by atoms with van der Waals surface area (Å²) in [6, 6.07) is 0. The largest absolute Gasteiger partial charge is 0.466 e. The molecule has 0 aliphatic heterocycles. The van der Waals surface area contributed by atoms with Crippen LogP contribution in [0.4, 0.5) is 17.6 Å². The first-order valence-electron chi connectivity index (χ1n) is 17.7. The average Bonchev–Trinajstić information content (AvgIpc) is 3.08. The van der Waals surface area contributed by atoms with Crippen molar-refractivity contribution in [3.8, 4) is 0 Å². The summed E-state index contributed by atoms with van der Waals surface area (Å²) >= 11 is 0. The van der Waals surface area contributed by atoms with Gasteiger partial charge in [-0.3, -0.25) is 0 Å². The topological polar surface area (TPSA) is 125 Å². The van der Waals surface area contributed by atoms with Gasteiger partial charge in [-0.25, -0.2) is 19.2 Å². The molecule has 0 aliphatic rings. The molecule has 0 rings (SSSR count). The number of aliphatic hydroxyl groups is 1. The summed E-state index contributed by atoms with van der Waals surface area (Å²) in [4.78, 5) is 42.6. The monoisotopic (exact) mass is 738 g/mol. The van der Waals surface area contributed by atoms with Crippen molar-refractivity contribution in [2.45, 2.75) is 142 Å². The molecule has 0 aromatic carbocycles. The van der Waals surface area contributed by atoms with E-state index in [4.69, 9.17) is 9.84 Å². The van der Waals surface area contributed by atoms with E-state index in [9.17, 15) is 36.7 Å². The van der Waals surface area contributed by atoms with Crippen molar-refractivity contribution in [1.29, 1.82) is 0 Å². The summed E-state index contributed by atoms with van der Waals surface area (Å²) < 4.78 is 68.5. The van der Waals surface area contributed by atoms with Crippen LogP contribution in [-0.2, 0) is 38.1 Å². The zero-order chi connectivity index (χ0) is 39.6. The smallest absolute Gasteiger partial charge is 0.462 e. The molecule has 0 fully saturated rings. The average molecular weight is 739 g/mol. The number of carbonyl (C=O) groups excluding carboxylic acids is 4. The first kappa shape index (κ1) is 51.9. The Balaban J connectivity index is -0.000000748. The Morgan fingerprint density at radius 2 is 0.961 bits per heavy atom. The number of hydrogen-bond donors (Lipinski definition) is 1. The summed E-state index contributed by atoms with van der Waals surface area (Å²) in [5.41, 5.74) is 0.843.